The van der Waals surface area contributed by atoms with Crippen molar-refractivity contribution in [2.24, 2.45) is 5.16 Å². The summed E-state index contributed by atoms with van der Waals surface area (Å²) in [6.07, 6.45) is 2.61. The van der Waals surface area contributed by atoms with Crippen LogP contribution in [0.5, 0.6) is 0 Å². The summed E-state index contributed by atoms with van der Waals surface area (Å²) >= 11 is 1.26. The third-order valence-corrected chi connectivity index (χ3v) is 6.61. The van der Waals surface area contributed by atoms with Crippen molar-refractivity contribution in [1.29, 1.82) is 0 Å². The Morgan fingerprint density at radius 3 is 1.88 bits per heavy atom. The van der Waals surface area contributed by atoms with Crippen LogP contribution in [0.4, 0.5) is 5.13 Å². The molecule has 9 heteroatoms. The van der Waals surface area contributed by atoms with Gasteiger partial charge in [0.05, 0.1) is 0 Å². The van der Waals surface area contributed by atoms with Gasteiger partial charge < -0.3 is 20.0 Å². The molecular formula is C32H31N3O5S. The predicted octanol–water partition coefficient (Wildman–Crippen LogP) is 6.25. The van der Waals surface area contributed by atoms with E-state index < -0.39 is 23.1 Å². The van der Waals surface area contributed by atoms with E-state index in [0.29, 0.717) is 5.13 Å². The van der Waals surface area contributed by atoms with Crippen LogP contribution in [0.25, 0.3) is 0 Å². The maximum absolute atomic E-state index is 12.0. The van der Waals surface area contributed by atoms with E-state index in [2.05, 4.69) is 15.5 Å². The smallest absolute Gasteiger partial charge is 0.360 e. The molecule has 0 aliphatic heterocycles. The van der Waals surface area contributed by atoms with Crippen LogP contribution in [-0.2, 0) is 24.7 Å². The Morgan fingerprint density at radius 2 is 1.41 bits per heavy atom. The normalized spacial score (nSPS) is 12.2. The highest BCUT2D eigenvalue weighted by atomic mass is 32.1. The molecule has 4 aromatic rings. The molecule has 1 aromatic heterocycles. The largest absolute Gasteiger partial charge is 0.476 e. The fourth-order valence-corrected chi connectivity index (χ4v) is 4.95. The lowest BCUT2D eigenvalue weighted by molar-refractivity contribution is -0.148. The van der Waals surface area contributed by atoms with Crippen LogP contribution in [-0.4, -0.2) is 39.9 Å². The Balaban J connectivity index is 1.64. The summed E-state index contributed by atoms with van der Waals surface area (Å²) in [5.74, 6) is -1.82. The van der Waals surface area contributed by atoms with E-state index >= 15 is 0 Å². The fraction of sp³-hybridized carbons (Fsp3) is 0.188. The first-order valence-electron chi connectivity index (χ1n) is 12.9. The minimum Gasteiger partial charge on any atom is -0.476 e. The minimum absolute atomic E-state index is 0.121. The number of esters is 1. The van der Waals surface area contributed by atoms with Gasteiger partial charge in [-0.3, -0.25) is 0 Å². The van der Waals surface area contributed by atoms with Gasteiger partial charge in [0.2, 0.25) is 5.71 Å². The summed E-state index contributed by atoms with van der Waals surface area (Å²) in [4.78, 5) is 33.6. The van der Waals surface area contributed by atoms with Gasteiger partial charge in [-0.2, -0.15) is 0 Å². The van der Waals surface area contributed by atoms with Gasteiger partial charge in [-0.25, -0.2) is 14.6 Å². The lowest BCUT2D eigenvalue weighted by Gasteiger charge is -2.36. The van der Waals surface area contributed by atoms with Crippen molar-refractivity contribution in [1.82, 2.24) is 4.98 Å². The van der Waals surface area contributed by atoms with Gasteiger partial charge in [0.1, 0.15) is 23.4 Å². The van der Waals surface area contributed by atoms with Crippen LogP contribution in [0.3, 0.4) is 0 Å². The first kappa shape index (κ1) is 29.2. The highest BCUT2D eigenvalue weighted by molar-refractivity contribution is 7.14. The Bertz CT molecular complexity index is 1410. The number of carboxylic acids is 1. The molecule has 2 N–H and O–H groups in total. The second kappa shape index (κ2) is 13.1. The quantitative estimate of drug-likeness (QED) is 0.0549. The molecular weight excluding hydrogens is 538 g/mol. The Morgan fingerprint density at radius 1 is 0.902 bits per heavy atom. The zero-order chi connectivity index (χ0) is 29.3. The number of carbonyl (C=O) groups excluding carboxylic acids is 1. The topological polar surface area (TPSA) is 110 Å². The Hall–Kier alpha value is -4.76. The summed E-state index contributed by atoms with van der Waals surface area (Å²) in [7, 11) is 0. The molecule has 1 heterocycles. The van der Waals surface area contributed by atoms with E-state index in [0.717, 1.165) is 16.7 Å². The molecule has 0 atom stereocenters. The monoisotopic (exact) mass is 569 g/mol. The number of oxime groups is 1. The van der Waals surface area contributed by atoms with E-state index in [9.17, 15) is 14.7 Å². The van der Waals surface area contributed by atoms with Crippen LogP contribution < -0.4 is 5.32 Å². The number of hydrogen-bond donors (Lipinski definition) is 2. The van der Waals surface area contributed by atoms with Crippen LogP contribution in [0.15, 0.2) is 114 Å². The molecule has 4 rings (SSSR count). The molecule has 41 heavy (non-hydrogen) atoms. The molecule has 8 nitrogen and oxygen atoms in total. The van der Waals surface area contributed by atoms with E-state index in [-0.39, 0.29) is 18.0 Å². The van der Waals surface area contributed by atoms with Gasteiger partial charge in [-0.1, -0.05) is 96.2 Å². The third kappa shape index (κ3) is 7.46. The molecule has 0 aliphatic carbocycles. The Kier molecular flexibility index (Phi) is 9.31. The highest BCUT2D eigenvalue weighted by Crippen LogP contribution is 2.40. The molecule has 0 aliphatic rings. The van der Waals surface area contributed by atoms with Gasteiger partial charge in [0.15, 0.2) is 5.13 Å². The first-order valence-corrected chi connectivity index (χ1v) is 13.8. The maximum atomic E-state index is 12.0. The van der Waals surface area contributed by atoms with E-state index in [1.54, 1.807) is 26.2 Å². The van der Waals surface area contributed by atoms with Crippen LogP contribution >= 0.6 is 11.3 Å². The minimum atomic E-state index is -1.29. The van der Waals surface area contributed by atoms with Crippen molar-refractivity contribution in [2.75, 3.05) is 11.9 Å². The molecule has 0 bridgehead atoms. The number of thiazole rings is 1. The number of ether oxygens (including phenoxy) is 1. The third-order valence-electron chi connectivity index (χ3n) is 5.85. The number of aromatic nitrogens is 1. The standard InChI is InChI=1S/C32H31N3O5S/c1-31(2,3)40-27(36)20-13-21-39-35-28(29(37)38)26-22-41-30(33-26)34-32(23-14-7-4-8-15-23,24-16-9-5-10-17-24)25-18-11-6-12-19-25/h4-20,22H,21H2,1-3H3,(H,33,34)(H,37,38)/b20-13?,35-28-. The van der Waals surface area contributed by atoms with E-state index in [1.807, 2.05) is 91.0 Å². The molecule has 0 unspecified atom stereocenters. The van der Waals surface area contributed by atoms with Gasteiger partial charge in [0, 0.05) is 11.5 Å². The summed E-state index contributed by atoms with van der Waals surface area (Å²) in [5.41, 5.74) is 1.31. The number of anilines is 1. The first-order chi connectivity index (χ1) is 19.7. The maximum Gasteiger partial charge on any atom is 0.360 e. The van der Waals surface area contributed by atoms with Crippen molar-refractivity contribution in [3.05, 3.63) is 131 Å². The second-order valence-electron chi connectivity index (χ2n) is 9.99. The average Bonchev–Trinajstić information content (AvgIpc) is 3.41. The van der Waals surface area contributed by atoms with E-state index in [4.69, 9.17) is 9.57 Å². The van der Waals surface area contributed by atoms with Crippen LogP contribution in [0, 0.1) is 0 Å². The second-order valence-corrected chi connectivity index (χ2v) is 10.8. The summed E-state index contributed by atoms with van der Waals surface area (Å²) in [5, 5.41) is 19.3. The van der Waals surface area contributed by atoms with Gasteiger partial charge in [-0.05, 0) is 43.5 Å². The summed E-state index contributed by atoms with van der Waals surface area (Å²) in [6, 6.07) is 30.0. The Labute approximate surface area is 243 Å². The molecule has 210 valence electrons. The van der Waals surface area contributed by atoms with Gasteiger partial charge in [0.25, 0.3) is 0 Å². The molecule has 0 saturated carbocycles. The molecule has 0 saturated heterocycles. The number of rotatable bonds is 11. The SMILES string of the molecule is CC(C)(C)OC(=O)C=CCO/N=C(\C(=O)O)c1csc(NC(c2ccccc2)(c2ccccc2)c2ccccc2)n1. The number of nitrogens with one attached hydrogen (secondary N) is 1. The van der Waals surface area contributed by atoms with Gasteiger partial charge in [-0.15, -0.1) is 11.3 Å². The van der Waals surface area contributed by atoms with Crippen molar-refractivity contribution in [2.45, 2.75) is 31.9 Å². The zero-order valence-electron chi connectivity index (χ0n) is 23.0. The average molecular weight is 570 g/mol. The van der Waals surface area contributed by atoms with Crippen LogP contribution in [0.2, 0.25) is 0 Å². The van der Waals surface area contributed by atoms with Crippen molar-refractivity contribution in [3.63, 3.8) is 0 Å². The molecule has 0 amide bonds. The van der Waals surface area contributed by atoms with Gasteiger partial charge >= 0.3 is 11.9 Å². The number of carbonyl (C=O) groups is 2. The van der Waals surface area contributed by atoms with Crippen LogP contribution in [0.1, 0.15) is 43.2 Å². The lowest BCUT2D eigenvalue weighted by Crippen LogP contribution is -2.38. The number of carboxylic acid groups (broad SMARTS) is 1. The fourth-order valence-electron chi connectivity index (χ4n) is 4.20. The lowest BCUT2D eigenvalue weighted by atomic mass is 9.77. The molecule has 0 radical (unpaired) electrons. The number of aliphatic carboxylic acids is 1. The molecule has 0 fully saturated rings. The number of nitrogens with zero attached hydrogens (tertiary/aromatic N) is 2. The summed E-state index contributed by atoms with van der Waals surface area (Å²) in [6.45, 7) is 5.17. The van der Waals surface area contributed by atoms with E-state index in [1.165, 1.54) is 23.5 Å². The number of hydrogen-bond acceptors (Lipinski definition) is 8. The van der Waals surface area contributed by atoms with Crippen molar-refractivity contribution in [3.8, 4) is 0 Å². The zero-order valence-corrected chi connectivity index (χ0v) is 23.8. The molecule has 0 spiro atoms. The molecule has 3 aromatic carbocycles. The van der Waals surface area contributed by atoms with Crippen molar-refractivity contribution >= 4 is 34.1 Å². The van der Waals surface area contributed by atoms with Crippen molar-refractivity contribution < 1.29 is 24.3 Å². The highest BCUT2D eigenvalue weighted by Gasteiger charge is 2.37. The predicted molar refractivity (Wildman–Crippen MR) is 160 cm³/mol. The number of benzene rings is 3. The summed E-state index contributed by atoms with van der Waals surface area (Å²) < 4.78 is 5.18.